The number of piperidine rings is 1. The van der Waals surface area contributed by atoms with Gasteiger partial charge in [0.1, 0.15) is 23.4 Å². The lowest BCUT2D eigenvalue weighted by Gasteiger charge is -2.31. The molecule has 1 fully saturated rings. The molecule has 1 saturated heterocycles. The van der Waals surface area contributed by atoms with Crippen LogP contribution in [0.25, 0.3) is 0 Å². The molecule has 24 heavy (non-hydrogen) atoms. The minimum atomic E-state index is -0.802. The van der Waals surface area contributed by atoms with Crippen LogP contribution in [0.4, 0.5) is 19.3 Å². The number of amides is 2. The molecular weight excluding hydrogens is 318 g/mol. The van der Waals surface area contributed by atoms with E-state index in [-0.39, 0.29) is 6.10 Å². The van der Waals surface area contributed by atoms with E-state index in [0.29, 0.717) is 31.8 Å². The minimum Gasteiger partial charge on any atom is -0.473 e. The summed E-state index contributed by atoms with van der Waals surface area (Å²) in [5, 5.41) is 2.29. The van der Waals surface area contributed by atoms with Gasteiger partial charge in [0.15, 0.2) is 0 Å². The molecule has 0 bridgehead atoms. The molecule has 1 aromatic carbocycles. The highest BCUT2D eigenvalue weighted by molar-refractivity contribution is 5.89. The summed E-state index contributed by atoms with van der Waals surface area (Å²) in [6.07, 6.45) is 5.76. The first-order valence-corrected chi connectivity index (χ1v) is 7.56. The third-order valence-electron chi connectivity index (χ3n) is 3.75. The maximum Gasteiger partial charge on any atom is 0.322 e. The van der Waals surface area contributed by atoms with Crippen LogP contribution in [0, 0.1) is 11.6 Å². The van der Waals surface area contributed by atoms with Gasteiger partial charge < -0.3 is 15.0 Å². The molecule has 1 aliphatic rings. The maximum absolute atomic E-state index is 13.6. The second-order valence-electron chi connectivity index (χ2n) is 5.37. The van der Waals surface area contributed by atoms with Gasteiger partial charge in [-0.3, -0.25) is 4.98 Å². The number of hydrogen-bond donors (Lipinski definition) is 1. The number of urea groups is 1. The van der Waals surface area contributed by atoms with Crippen molar-refractivity contribution in [2.75, 3.05) is 18.4 Å². The van der Waals surface area contributed by atoms with E-state index < -0.39 is 23.4 Å². The van der Waals surface area contributed by atoms with Gasteiger partial charge in [-0.1, -0.05) is 6.07 Å². The summed E-state index contributed by atoms with van der Waals surface area (Å²) in [7, 11) is 0. The second-order valence-corrected chi connectivity index (χ2v) is 5.37. The number of ether oxygens (including phenoxy) is 1. The first-order valence-electron chi connectivity index (χ1n) is 7.56. The number of nitrogens with one attached hydrogen (secondary N) is 1. The molecule has 3 rings (SSSR count). The standard InChI is InChI=1S/C16H16F2N4O2/c17-12-2-1-3-13(18)15(12)21-16(23)22-8-4-11(5-9-22)24-14-10-19-6-7-20-14/h1-3,6-7,10-11H,4-5,8-9H2,(H,21,23). The molecule has 2 aromatic rings. The average molecular weight is 334 g/mol. The van der Waals surface area contributed by atoms with Crippen molar-refractivity contribution in [2.24, 2.45) is 0 Å². The number of benzene rings is 1. The second kappa shape index (κ2) is 7.20. The van der Waals surface area contributed by atoms with Gasteiger partial charge >= 0.3 is 6.03 Å². The van der Waals surface area contributed by atoms with Crippen LogP contribution >= 0.6 is 0 Å². The number of aromatic nitrogens is 2. The number of nitrogens with zero attached hydrogens (tertiary/aromatic N) is 3. The molecule has 1 aromatic heterocycles. The molecular formula is C16H16F2N4O2. The summed E-state index contributed by atoms with van der Waals surface area (Å²) in [4.78, 5) is 21.6. The molecule has 0 saturated carbocycles. The predicted octanol–water partition coefficient (Wildman–Crippen LogP) is 2.83. The molecule has 0 atom stereocenters. The van der Waals surface area contributed by atoms with E-state index in [1.54, 1.807) is 12.4 Å². The van der Waals surface area contributed by atoms with E-state index >= 15 is 0 Å². The Balaban J connectivity index is 1.54. The quantitative estimate of drug-likeness (QED) is 0.937. The van der Waals surface area contributed by atoms with Crippen LogP contribution in [0.2, 0.25) is 0 Å². The zero-order chi connectivity index (χ0) is 16.9. The number of hydrogen-bond acceptors (Lipinski definition) is 4. The Labute approximate surface area is 137 Å². The van der Waals surface area contributed by atoms with Crippen LogP contribution in [0.3, 0.4) is 0 Å². The highest BCUT2D eigenvalue weighted by Gasteiger charge is 2.25. The molecule has 126 valence electrons. The summed E-state index contributed by atoms with van der Waals surface area (Å²) >= 11 is 0. The van der Waals surface area contributed by atoms with Crippen molar-refractivity contribution in [3.8, 4) is 5.88 Å². The molecule has 1 aliphatic heterocycles. The number of likely N-dealkylation sites (tertiary alicyclic amines) is 1. The van der Waals surface area contributed by atoms with Crippen molar-refractivity contribution in [3.63, 3.8) is 0 Å². The monoisotopic (exact) mass is 334 g/mol. The average Bonchev–Trinajstić information content (AvgIpc) is 2.60. The first kappa shape index (κ1) is 16.1. The largest absolute Gasteiger partial charge is 0.473 e. The van der Waals surface area contributed by atoms with Crippen LogP contribution in [0.5, 0.6) is 5.88 Å². The van der Waals surface area contributed by atoms with Crippen LogP contribution < -0.4 is 10.1 Å². The maximum atomic E-state index is 13.6. The number of anilines is 1. The van der Waals surface area contributed by atoms with Gasteiger partial charge in [0.05, 0.1) is 6.20 Å². The molecule has 0 aliphatic carbocycles. The zero-order valence-corrected chi connectivity index (χ0v) is 12.8. The molecule has 0 radical (unpaired) electrons. The van der Waals surface area contributed by atoms with E-state index in [1.807, 2.05) is 0 Å². The minimum absolute atomic E-state index is 0.0732. The number of carbonyl (C=O) groups excluding carboxylic acids is 1. The summed E-state index contributed by atoms with van der Waals surface area (Å²) < 4.78 is 32.8. The Morgan fingerprint density at radius 3 is 2.54 bits per heavy atom. The smallest absolute Gasteiger partial charge is 0.322 e. The lowest BCUT2D eigenvalue weighted by atomic mass is 10.1. The van der Waals surface area contributed by atoms with Gasteiger partial charge in [-0.15, -0.1) is 0 Å². The fourth-order valence-corrected chi connectivity index (χ4v) is 2.50. The van der Waals surface area contributed by atoms with Crippen LogP contribution in [0.1, 0.15) is 12.8 Å². The highest BCUT2D eigenvalue weighted by atomic mass is 19.1. The van der Waals surface area contributed by atoms with Crippen LogP contribution in [0.15, 0.2) is 36.8 Å². The van der Waals surface area contributed by atoms with Crippen LogP contribution in [-0.4, -0.2) is 40.1 Å². The third kappa shape index (κ3) is 3.76. The van der Waals surface area contributed by atoms with E-state index in [1.165, 1.54) is 17.2 Å². The number of halogens is 2. The van der Waals surface area contributed by atoms with E-state index in [4.69, 9.17) is 4.74 Å². The van der Waals surface area contributed by atoms with Crippen molar-refractivity contribution in [3.05, 3.63) is 48.4 Å². The topological polar surface area (TPSA) is 67.4 Å². The van der Waals surface area contributed by atoms with Crippen molar-refractivity contribution in [1.82, 2.24) is 14.9 Å². The van der Waals surface area contributed by atoms with Gasteiger partial charge in [-0.25, -0.2) is 18.6 Å². The summed E-state index contributed by atoms with van der Waals surface area (Å²) in [5.41, 5.74) is -0.430. The van der Waals surface area contributed by atoms with Crippen LogP contribution in [-0.2, 0) is 0 Å². The SMILES string of the molecule is O=C(Nc1c(F)cccc1F)N1CCC(Oc2cnccn2)CC1. The number of carbonyl (C=O) groups is 1. The Hall–Kier alpha value is -2.77. The molecule has 2 amide bonds. The van der Waals surface area contributed by atoms with E-state index in [0.717, 1.165) is 12.1 Å². The summed E-state index contributed by atoms with van der Waals surface area (Å²) in [6.45, 7) is 0.847. The first-order chi connectivity index (χ1) is 11.6. The van der Waals surface area contributed by atoms with Crippen molar-refractivity contribution < 1.29 is 18.3 Å². The van der Waals surface area contributed by atoms with Gasteiger partial charge in [0, 0.05) is 38.3 Å². The lowest BCUT2D eigenvalue weighted by Crippen LogP contribution is -2.44. The normalized spacial score (nSPS) is 15.2. The number of para-hydroxylation sites is 1. The van der Waals surface area contributed by atoms with E-state index in [2.05, 4.69) is 15.3 Å². The molecule has 0 spiro atoms. The highest BCUT2D eigenvalue weighted by Crippen LogP contribution is 2.20. The number of rotatable bonds is 3. The lowest BCUT2D eigenvalue weighted by molar-refractivity contribution is 0.111. The predicted molar refractivity (Wildman–Crippen MR) is 82.6 cm³/mol. The van der Waals surface area contributed by atoms with Gasteiger partial charge in [-0.2, -0.15) is 0 Å². The fraction of sp³-hybridized carbons (Fsp3) is 0.312. The Kier molecular flexibility index (Phi) is 4.83. The Bertz CT molecular complexity index is 686. The molecule has 8 heteroatoms. The molecule has 0 unspecified atom stereocenters. The van der Waals surface area contributed by atoms with Crippen molar-refractivity contribution in [2.45, 2.75) is 18.9 Å². The summed E-state index contributed by atoms with van der Waals surface area (Å²) in [6, 6.07) is 2.91. The fourth-order valence-electron chi connectivity index (χ4n) is 2.50. The molecule has 2 heterocycles. The Morgan fingerprint density at radius 2 is 1.92 bits per heavy atom. The van der Waals surface area contributed by atoms with Crippen molar-refractivity contribution >= 4 is 11.7 Å². The molecule has 1 N–H and O–H groups in total. The van der Waals surface area contributed by atoms with Gasteiger partial charge in [-0.05, 0) is 12.1 Å². The summed E-state index contributed by atoms with van der Waals surface area (Å²) in [5.74, 6) is -1.16. The van der Waals surface area contributed by atoms with E-state index in [9.17, 15) is 13.6 Å². The van der Waals surface area contributed by atoms with Gasteiger partial charge in [0.25, 0.3) is 0 Å². The molecule has 6 nitrogen and oxygen atoms in total. The van der Waals surface area contributed by atoms with Crippen molar-refractivity contribution in [1.29, 1.82) is 0 Å². The Morgan fingerprint density at radius 1 is 1.21 bits per heavy atom. The zero-order valence-electron chi connectivity index (χ0n) is 12.8. The third-order valence-corrected chi connectivity index (χ3v) is 3.75. The van der Waals surface area contributed by atoms with Gasteiger partial charge in [0.2, 0.25) is 5.88 Å².